The second-order valence-corrected chi connectivity index (χ2v) is 8.32. The number of methoxy groups -OCH3 is 1. The average molecular weight is 381 g/mol. The van der Waals surface area contributed by atoms with Crippen molar-refractivity contribution in [2.75, 3.05) is 7.11 Å². The van der Waals surface area contributed by atoms with Gasteiger partial charge in [0.05, 0.1) is 7.11 Å². The molecule has 3 rings (SSSR count). The van der Waals surface area contributed by atoms with Crippen LogP contribution in [0.25, 0.3) is 0 Å². The SMILES string of the molecule is COc1c(C)cc(C2(c3cc(C)c(OC(C)=O)c(C)c3)CCCCC2)cc1C. The zero-order chi connectivity index (χ0) is 20.5. The van der Waals surface area contributed by atoms with Crippen LogP contribution >= 0.6 is 0 Å². The molecule has 0 saturated heterocycles. The van der Waals surface area contributed by atoms with E-state index in [-0.39, 0.29) is 11.4 Å². The van der Waals surface area contributed by atoms with Crippen LogP contribution in [0, 0.1) is 27.7 Å². The quantitative estimate of drug-likeness (QED) is 0.474. The number of esters is 1. The fourth-order valence-corrected chi connectivity index (χ4v) is 4.98. The van der Waals surface area contributed by atoms with Gasteiger partial charge in [-0.15, -0.1) is 0 Å². The van der Waals surface area contributed by atoms with Crippen molar-refractivity contribution >= 4 is 5.97 Å². The Morgan fingerprint density at radius 1 is 0.786 bits per heavy atom. The van der Waals surface area contributed by atoms with Gasteiger partial charge in [-0.05, 0) is 73.9 Å². The van der Waals surface area contributed by atoms with E-state index >= 15 is 0 Å². The molecule has 0 spiro atoms. The van der Waals surface area contributed by atoms with Crippen molar-refractivity contribution < 1.29 is 14.3 Å². The summed E-state index contributed by atoms with van der Waals surface area (Å²) in [6.45, 7) is 9.79. The van der Waals surface area contributed by atoms with Crippen LogP contribution in [0.1, 0.15) is 72.4 Å². The van der Waals surface area contributed by atoms with E-state index in [0.717, 1.165) is 29.7 Å². The van der Waals surface area contributed by atoms with Gasteiger partial charge in [0.25, 0.3) is 0 Å². The van der Waals surface area contributed by atoms with E-state index in [1.807, 2.05) is 13.8 Å². The van der Waals surface area contributed by atoms with Gasteiger partial charge in [-0.25, -0.2) is 0 Å². The Bertz CT molecular complexity index is 843. The summed E-state index contributed by atoms with van der Waals surface area (Å²) in [6, 6.07) is 9.07. The molecule has 0 bridgehead atoms. The van der Waals surface area contributed by atoms with Crippen LogP contribution in [0.3, 0.4) is 0 Å². The van der Waals surface area contributed by atoms with Gasteiger partial charge in [0, 0.05) is 12.3 Å². The van der Waals surface area contributed by atoms with Crippen molar-refractivity contribution in [3.63, 3.8) is 0 Å². The Labute approximate surface area is 169 Å². The highest BCUT2D eigenvalue weighted by Gasteiger charge is 2.37. The van der Waals surface area contributed by atoms with E-state index in [2.05, 4.69) is 38.1 Å². The number of hydrogen-bond donors (Lipinski definition) is 0. The number of aryl methyl sites for hydroxylation is 4. The average Bonchev–Trinajstić information content (AvgIpc) is 2.64. The molecule has 0 aliphatic heterocycles. The van der Waals surface area contributed by atoms with E-state index in [1.54, 1.807) is 7.11 Å². The first-order chi connectivity index (χ1) is 13.3. The summed E-state index contributed by atoms with van der Waals surface area (Å²) in [4.78, 5) is 11.5. The van der Waals surface area contributed by atoms with Crippen molar-refractivity contribution in [3.8, 4) is 11.5 Å². The molecular formula is C25H32O3. The fourth-order valence-electron chi connectivity index (χ4n) is 4.98. The molecule has 1 fully saturated rings. The molecule has 28 heavy (non-hydrogen) atoms. The van der Waals surface area contributed by atoms with Gasteiger partial charge in [0.15, 0.2) is 0 Å². The molecule has 3 heteroatoms. The van der Waals surface area contributed by atoms with Crippen LogP contribution in [0.4, 0.5) is 0 Å². The minimum Gasteiger partial charge on any atom is -0.496 e. The second-order valence-electron chi connectivity index (χ2n) is 8.32. The predicted molar refractivity (Wildman–Crippen MR) is 114 cm³/mol. The fraction of sp³-hybridized carbons (Fsp3) is 0.480. The topological polar surface area (TPSA) is 35.5 Å². The third-order valence-electron chi connectivity index (χ3n) is 6.18. The zero-order valence-corrected chi connectivity index (χ0v) is 18.1. The first kappa shape index (κ1) is 20.4. The normalized spacial score (nSPS) is 15.9. The van der Waals surface area contributed by atoms with Crippen LogP contribution in [-0.4, -0.2) is 13.1 Å². The maximum atomic E-state index is 11.5. The van der Waals surface area contributed by atoms with Crippen LogP contribution < -0.4 is 9.47 Å². The summed E-state index contributed by atoms with van der Waals surface area (Å²) in [5.41, 5.74) is 7.14. The third kappa shape index (κ3) is 3.67. The van der Waals surface area contributed by atoms with Crippen molar-refractivity contribution in [1.29, 1.82) is 0 Å². The second kappa shape index (κ2) is 7.98. The van der Waals surface area contributed by atoms with E-state index in [1.165, 1.54) is 48.4 Å². The number of benzene rings is 2. The first-order valence-electron chi connectivity index (χ1n) is 10.2. The largest absolute Gasteiger partial charge is 0.496 e. The molecule has 2 aromatic rings. The molecule has 0 amide bonds. The summed E-state index contributed by atoms with van der Waals surface area (Å²) in [5.74, 6) is 1.41. The van der Waals surface area contributed by atoms with Gasteiger partial charge in [-0.2, -0.15) is 0 Å². The smallest absolute Gasteiger partial charge is 0.308 e. The first-order valence-corrected chi connectivity index (χ1v) is 10.2. The van der Waals surface area contributed by atoms with Gasteiger partial charge in [0.1, 0.15) is 11.5 Å². The van der Waals surface area contributed by atoms with Crippen molar-refractivity contribution in [1.82, 2.24) is 0 Å². The van der Waals surface area contributed by atoms with E-state index in [0.29, 0.717) is 5.75 Å². The molecule has 1 aliphatic carbocycles. The highest BCUT2D eigenvalue weighted by Crippen LogP contribution is 2.47. The molecule has 1 saturated carbocycles. The molecule has 1 aliphatic rings. The molecule has 0 N–H and O–H groups in total. The third-order valence-corrected chi connectivity index (χ3v) is 6.18. The van der Waals surface area contributed by atoms with Crippen LogP contribution in [0.2, 0.25) is 0 Å². The Morgan fingerprint density at radius 3 is 1.61 bits per heavy atom. The highest BCUT2D eigenvalue weighted by atomic mass is 16.5. The number of carbonyl (C=O) groups is 1. The minimum atomic E-state index is -0.271. The number of carbonyl (C=O) groups excluding carboxylic acids is 1. The molecule has 3 nitrogen and oxygen atoms in total. The van der Waals surface area contributed by atoms with Gasteiger partial charge in [-0.1, -0.05) is 43.5 Å². The van der Waals surface area contributed by atoms with Crippen molar-refractivity contribution in [2.45, 2.75) is 72.1 Å². The molecule has 2 aromatic carbocycles. The minimum absolute atomic E-state index is 0.00428. The summed E-state index contributed by atoms with van der Waals surface area (Å²) >= 11 is 0. The number of hydrogen-bond acceptors (Lipinski definition) is 3. The maximum Gasteiger partial charge on any atom is 0.308 e. The molecule has 0 unspecified atom stereocenters. The summed E-state index contributed by atoms with van der Waals surface area (Å²) < 4.78 is 11.1. The Kier molecular flexibility index (Phi) is 5.83. The lowest BCUT2D eigenvalue weighted by Crippen LogP contribution is -2.31. The van der Waals surface area contributed by atoms with E-state index < -0.39 is 0 Å². The Hall–Kier alpha value is -2.29. The van der Waals surface area contributed by atoms with Crippen LogP contribution in [0.15, 0.2) is 24.3 Å². The number of rotatable bonds is 4. The molecule has 0 heterocycles. The number of ether oxygens (including phenoxy) is 2. The molecular weight excluding hydrogens is 348 g/mol. The zero-order valence-electron chi connectivity index (χ0n) is 18.1. The summed E-state index contributed by atoms with van der Waals surface area (Å²) in [5, 5.41) is 0. The van der Waals surface area contributed by atoms with E-state index in [9.17, 15) is 4.79 Å². The lowest BCUT2D eigenvalue weighted by atomic mass is 9.64. The van der Waals surface area contributed by atoms with Crippen molar-refractivity contribution in [3.05, 3.63) is 57.6 Å². The highest BCUT2D eigenvalue weighted by molar-refractivity contribution is 5.70. The molecule has 0 aromatic heterocycles. The lowest BCUT2D eigenvalue weighted by Gasteiger charge is -2.40. The Balaban J connectivity index is 2.17. The van der Waals surface area contributed by atoms with Gasteiger partial charge < -0.3 is 9.47 Å². The standard InChI is InChI=1S/C25H32O3/c1-16-12-21(13-17(2)23(16)27-6)25(10-8-7-9-11-25)22-14-18(3)24(19(4)15-22)28-20(5)26/h12-15H,7-11H2,1-6H3. The predicted octanol–water partition coefficient (Wildman–Crippen LogP) is 6.10. The van der Waals surface area contributed by atoms with E-state index in [4.69, 9.17) is 9.47 Å². The Morgan fingerprint density at radius 2 is 1.21 bits per heavy atom. The molecule has 0 atom stereocenters. The molecule has 150 valence electrons. The summed E-state index contributed by atoms with van der Waals surface area (Å²) in [7, 11) is 1.74. The summed E-state index contributed by atoms with van der Waals surface area (Å²) in [6.07, 6.45) is 6.04. The monoisotopic (exact) mass is 380 g/mol. The molecule has 0 radical (unpaired) electrons. The van der Waals surface area contributed by atoms with Crippen LogP contribution in [-0.2, 0) is 10.2 Å². The van der Waals surface area contributed by atoms with Crippen LogP contribution in [0.5, 0.6) is 11.5 Å². The van der Waals surface area contributed by atoms with Gasteiger partial charge in [0.2, 0.25) is 0 Å². The van der Waals surface area contributed by atoms with Crippen molar-refractivity contribution in [2.24, 2.45) is 0 Å². The lowest BCUT2D eigenvalue weighted by molar-refractivity contribution is -0.131. The van der Waals surface area contributed by atoms with Gasteiger partial charge >= 0.3 is 5.97 Å². The maximum absolute atomic E-state index is 11.5. The van der Waals surface area contributed by atoms with Gasteiger partial charge in [-0.3, -0.25) is 4.79 Å².